The van der Waals surface area contributed by atoms with Gasteiger partial charge >= 0.3 is 6.09 Å². The number of carbonyl (C=O) groups excluding carboxylic acids is 4. The maximum Gasteiger partial charge on any atom is 0.408 e. The standard InChI is InChI=1S/C26H40N4O8S/c1-25(2,3)38-24(35)27-19-10-8-6-4-5-7-9-16-14-26(16,23(34)29-39(36,37)18-11-12-18)28-21(32)20-13-17(31)15-30(20)22(19)33/h7,9,16-20,31H,4-6,8,10-15H2,1-3H3,(H,27,35)(H,28,32)(H,29,34)/b9-7-. The maximum atomic E-state index is 13.6. The third-order valence-corrected chi connectivity index (χ3v) is 9.37. The minimum Gasteiger partial charge on any atom is -0.444 e. The van der Waals surface area contributed by atoms with E-state index in [1.54, 1.807) is 20.8 Å². The van der Waals surface area contributed by atoms with E-state index in [-0.39, 0.29) is 19.4 Å². The van der Waals surface area contributed by atoms with E-state index in [2.05, 4.69) is 15.4 Å². The van der Waals surface area contributed by atoms with Crippen molar-refractivity contribution in [1.82, 2.24) is 20.3 Å². The second kappa shape index (κ2) is 11.1. The third-order valence-electron chi connectivity index (χ3n) is 7.55. The SMILES string of the molecule is CC(C)(C)OC(=O)NC1CCCCC/C=C\C2CC2(C(=O)NS(=O)(=O)C2CC2)NC(=O)C2CC(O)CN2C1=O. The number of fused-ring (bicyclic) bond motifs is 2. The molecule has 5 unspecified atom stereocenters. The summed E-state index contributed by atoms with van der Waals surface area (Å²) >= 11 is 0. The smallest absolute Gasteiger partial charge is 0.408 e. The Balaban J connectivity index is 1.57. The number of aliphatic hydroxyl groups excluding tert-OH is 1. The molecule has 5 atom stereocenters. The van der Waals surface area contributed by atoms with Gasteiger partial charge in [0.05, 0.1) is 11.4 Å². The normalized spacial score (nSPS) is 33.0. The van der Waals surface area contributed by atoms with Gasteiger partial charge in [-0.05, 0) is 59.3 Å². The Morgan fingerprint density at radius 1 is 1.15 bits per heavy atom. The van der Waals surface area contributed by atoms with E-state index >= 15 is 0 Å². The third kappa shape index (κ3) is 7.10. The summed E-state index contributed by atoms with van der Waals surface area (Å²) in [5, 5.41) is 15.2. The molecular weight excluding hydrogens is 528 g/mol. The number of allylic oxidation sites excluding steroid dienone is 1. The van der Waals surface area contributed by atoms with Gasteiger partial charge < -0.3 is 25.4 Å². The number of amides is 4. The van der Waals surface area contributed by atoms with Crippen molar-refractivity contribution in [1.29, 1.82) is 0 Å². The zero-order valence-electron chi connectivity index (χ0n) is 22.8. The van der Waals surface area contributed by atoms with Gasteiger partial charge in [0.2, 0.25) is 21.8 Å². The number of aliphatic hydroxyl groups is 1. The Labute approximate surface area is 229 Å². The summed E-state index contributed by atoms with van der Waals surface area (Å²) in [5.41, 5.74) is -2.22. The van der Waals surface area contributed by atoms with Gasteiger partial charge in [-0.2, -0.15) is 0 Å². The van der Waals surface area contributed by atoms with Crippen molar-refractivity contribution in [3.8, 4) is 0 Å². The highest BCUT2D eigenvalue weighted by molar-refractivity contribution is 7.91. The quantitative estimate of drug-likeness (QED) is 0.362. The highest BCUT2D eigenvalue weighted by Gasteiger charge is 2.62. The van der Waals surface area contributed by atoms with Crippen LogP contribution >= 0.6 is 0 Å². The number of hydrogen-bond donors (Lipinski definition) is 4. The Morgan fingerprint density at radius 2 is 1.87 bits per heavy atom. The van der Waals surface area contributed by atoms with Crippen LogP contribution in [-0.4, -0.2) is 83.4 Å². The van der Waals surface area contributed by atoms with Crippen LogP contribution in [0.5, 0.6) is 0 Å². The Hall–Kier alpha value is -2.67. The molecule has 2 aliphatic heterocycles. The molecule has 4 N–H and O–H groups in total. The lowest BCUT2D eigenvalue weighted by molar-refractivity contribution is -0.141. The molecule has 39 heavy (non-hydrogen) atoms. The van der Waals surface area contributed by atoms with Crippen LogP contribution < -0.4 is 15.4 Å². The van der Waals surface area contributed by atoms with E-state index in [0.29, 0.717) is 32.1 Å². The maximum absolute atomic E-state index is 13.6. The summed E-state index contributed by atoms with van der Waals surface area (Å²) in [6.45, 7) is 5.02. The van der Waals surface area contributed by atoms with Crippen molar-refractivity contribution in [2.45, 2.75) is 113 Å². The molecule has 0 bridgehead atoms. The molecule has 2 saturated carbocycles. The van der Waals surface area contributed by atoms with Gasteiger partial charge in [0, 0.05) is 18.9 Å². The molecule has 218 valence electrons. The fraction of sp³-hybridized carbons (Fsp3) is 0.769. The van der Waals surface area contributed by atoms with Crippen molar-refractivity contribution < 1.29 is 37.4 Å². The van der Waals surface area contributed by atoms with Gasteiger partial charge in [0.1, 0.15) is 23.2 Å². The first-order valence-corrected chi connectivity index (χ1v) is 15.3. The Kier molecular flexibility index (Phi) is 8.32. The molecule has 2 heterocycles. The molecule has 3 fully saturated rings. The van der Waals surface area contributed by atoms with Gasteiger partial charge in [-0.3, -0.25) is 19.1 Å². The first-order chi connectivity index (χ1) is 18.2. The van der Waals surface area contributed by atoms with E-state index in [0.717, 1.165) is 12.8 Å². The molecule has 0 radical (unpaired) electrons. The number of sulfonamides is 1. The lowest BCUT2D eigenvalue weighted by atomic mass is 10.0. The van der Waals surface area contributed by atoms with Gasteiger partial charge in [-0.1, -0.05) is 25.0 Å². The van der Waals surface area contributed by atoms with Crippen LogP contribution in [0, 0.1) is 5.92 Å². The predicted octanol–water partition coefficient (Wildman–Crippen LogP) is 0.845. The monoisotopic (exact) mass is 568 g/mol. The zero-order chi connectivity index (χ0) is 28.6. The Bertz CT molecular complexity index is 1130. The highest BCUT2D eigenvalue weighted by Crippen LogP contribution is 2.46. The van der Waals surface area contributed by atoms with Crippen molar-refractivity contribution in [2.75, 3.05) is 6.54 Å². The Morgan fingerprint density at radius 3 is 2.54 bits per heavy atom. The average molecular weight is 569 g/mol. The van der Waals surface area contributed by atoms with E-state index in [1.807, 2.05) is 12.2 Å². The molecule has 0 aromatic carbocycles. The highest BCUT2D eigenvalue weighted by atomic mass is 32.2. The second-order valence-electron chi connectivity index (χ2n) is 12.1. The molecule has 0 aromatic rings. The number of carbonyl (C=O) groups is 4. The summed E-state index contributed by atoms with van der Waals surface area (Å²) in [6.07, 6.45) is 6.46. The van der Waals surface area contributed by atoms with E-state index in [1.165, 1.54) is 4.90 Å². The lowest BCUT2D eigenvalue weighted by Crippen LogP contribution is -2.58. The molecule has 12 nitrogen and oxygen atoms in total. The summed E-state index contributed by atoms with van der Waals surface area (Å²) in [6, 6.07) is -2.05. The van der Waals surface area contributed by atoms with Crippen molar-refractivity contribution in [2.24, 2.45) is 5.92 Å². The number of nitrogens with zero attached hydrogens (tertiary/aromatic N) is 1. The first-order valence-electron chi connectivity index (χ1n) is 13.7. The molecule has 0 spiro atoms. The fourth-order valence-corrected chi connectivity index (χ4v) is 6.59. The molecule has 2 aliphatic carbocycles. The molecule has 13 heteroatoms. The van der Waals surface area contributed by atoms with E-state index in [9.17, 15) is 32.7 Å². The van der Waals surface area contributed by atoms with Gasteiger partial charge in [-0.25, -0.2) is 13.2 Å². The van der Waals surface area contributed by atoms with Crippen LogP contribution in [0.4, 0.5) is 4.79 Å². The zero-order valence-corrected chi connectivity index (χ0v) is 23.6. The van der Waals surface area contributed by atoms with Crippen LogP contribution in [0.3, 0.4) is 0 Å². The molecule has 4 aliphatic rings. The number of hydrogen-bond acceptors (Lipinski definition) is 8. The molecular formula is C26H40N4O8S. The van der Waals surface area contributed by atoms with Crippen molar-refractivity contribution in [3.05, 3.63) is 12.2 Å². The van der Waals surface area contributed by atoms with Gasteiger partial charge in [-0.15, -0.1) is 0 Å². The van der Waals surface area contributed by atoms with E-state index < -0.39 is 74.3 Å². The average Bonchev–Trinajstić information content (AvgIpc) is 3.73. The first kappa shape index (κ1) is 29.3. The van der Waals surface area contributed by atoms with Crippen LogP contribution in [0.1, 0.15) is 78.6 Å². The van der Waals surface area contributed by atoms with Gasteiger partial charge in [0.15, 0.2) is 0 Å². The number of alkyl carbamates (subject to hydrolysis) is 1. The molecule has 0 aromatic heterocycles. The largest absolute Gasteiger partial charge is 0.444 e. The number of rotatable bonds is 4. The second-order valence-corrected chi connectivity index (χ2v) is 14.1. The number of nitrogens with one attached hydrogen (secondary N) is 3. The topological polar surface area (TPSA) is 171 Å². The van der Waals surface area contributed by atoms with Crippen LogP contribution in [0.15, 0.2) is 12.2 Å². The van der Waals surface area contributed by atoms with Crippen LogP contribution in [-0.2, 0) is 29.1 Å². The minimum atomic E-state index is -3.83. The van der Waals surface area contributed by atoms with Crippen molar-refractivity contribution in [3.63, 3.8) is 0 Å². The fourth-order valence-electron chi connectivity index (χ4n) is 5.23. The van der Waals surface area contributed by atoms with Gasteiger partial charge in [0.25, 0.3) is 5.91 Å². The van der Waals surface area contributed by atoms with E-state index in [4.69, 9.17) is 4.74 Å². The lowest BCUT2D eigenvalue weighted by Gasteiger charge is -2.30. The summed E-state index contributed by atoms with van der Waals surface area (Å²) < 4.78 is 32.4. The summed E-state index contributed by atoms with van der Waals surface area (Å²) in [5.74, 6) is -2.35. The van der Waals surface area contributed by atoms with Crippen LogP contribution in [0.25, 0.3) is 0 Å². The molecule has 4 amide bonds. The van der Waals surface area contributed by atoms with Crippen molar-refractivity contribution >= 4 is 33.8 Å². The molecule has 1 saturated heterocycles. The predicted molar refractivity (Wildman–Crippen MR) is 141 cm³/mol. The summed E-state index contributed by atoms with van der Waals surface area (Å²) in [4.78, 5) is 54.1. The molecule has 4 rings (SSSR count). The van der Waals surface area contributed by atoms with Crippen LogP contribution in [0.2, 0.25) is 0 Å². The summed E-state index contributed by atoms with van der Waals surface area (Å²) in [7, 11) is -3.83. The number of ether oxygens (including phenoxy) is 1. The minimum absolute atomic E-state index is 0.0463.